The Morgan fingerprint density at radius 1 is 0.947 bits per heavy atom. The van der Waals surface area contributed by atoms with Crippen LogP contribution >= 0.6 is 0 Å². The van der Waals surface area contributed by atoms with E-state index in [0.717, 1.165) is 17.1 Å². The molecule has 3 heteroatoms. The molecule has 1 aliphatic heterocycles. The molecule has 0 saturated heterocycles. The normalized spacial score (nSPS) is 14.5. The topological polar surface area (TPSA) is 23.6 Å². The van der Waals surface area contributed by atoms with Gasteiger partial charge < -0.3 is 4.90 Å². The van der Waals surface area contributed by atoms with Crippen LogP contribution in [0.2, 0.25) is 0 Å². The highest BCUT2D eigenvalue weighted by atomic mass is 16.2. The molecule has 1 amide bonds. The van der Waals surface area contributed by atoms with Crippen molar-refractivity contribution < 1.29 is 4.79 Å². The summed E-state index contributed by atoms with van der Waals surface area (Å²) in [4.78, 5) is 16.1. The molecule has 0 spiro atoms. The van der Waals surface area contributed by atoms with Gasteiger partial charge in [0.15, 0.2) is 0 Å². The zero-order valence-corrected chi connectivity index (χ0v) is 11.1. The molecular weight excluding hydrogens is 236 g/mol. The molecule has 3 nitrogen and oxygen atoms in total. The first-order valence-corrected chi connectivity index (χ1v) is 6.36. The van der Waals surface area contributed by atoms with Gasteiger partial charge in [-0.25, -0.2) is 0 Å². The fourth-order valence-corrected chi connectivity index (χ4v) is 2.45. The quantitative estimate of drug-likeness (QED) is 0.778. The summed E-state index contributed by atoms with van der Waals surface area (Å²) in [5, 5.41) is 0. The molecule has 0 aromatic heterocycles. The minimum atomic E-state index is 0.102. The van der Waals surface area contributed by atoms with Gasteiger partial charge in [0.25, 0.3) is 5.91 Å². The Hall–Kier alpha value is -2.29. The number of benzene rings is 2. The first-order valence-electron chi connectivity index (χ1n) is 6.36. The predicted molar refractivity (Wildman–Crippen MR) is 78.0 cm³/mol. The van der Waals surface area contributed by atoms with Crippen LogP contribution in [0.3, 0.4) is 0 Å². The Balaban J connectivity index is 2.12. The van der Waals surface area contributed by atoms with Gasteiger partial charge in [-0.2, -0.15) is 0 Å². The lowest BCUT2D eigenvalue weighted by molar-refractivity contribution is -0.116. The standard InChI is InChI=1S/C16H16N2O/c1-12-7-9-13(10-8-12)18-15-6-4-3-5-14(15)17(2)11-16(18)19/h3-10H,11H2,1-2H3. The van der Waals surface area contributed by atoms with Crippen LogP contribution in [0.25, 0.3) is 0 Å². The van der Waals surface area contributed by atoms with E-state index in [1.807, 2.05) is 67.4 Å². The lowest BCUT2D eigenvalue weighted by atomic mass is 10.1. The number of anilines is 3. The predicted octanol–water partition coefficient (Wildman–Crippen LogP) is 3.11. The van der Waals surface area contributed by atoms with E-state index in [-0.39, 0.29) is 5.91 Å². The minimum absolute atomic E-state index is 0.102. The number of para-hydroxylation sites is 2. The molecule has 2 aromatic rings. The summed E-state index contributed by atoms with van der Waals surface area (Å²) in [6.45, 7) is 2.45. The Morgan fingerprint density at radius 3 is 2.26 bits per heavy atom. The molecule has 0 unspecified atom stereocenters. The number of fused-ring (bicyclic) bond motifs is 1. The minimum Gasteiger partial charge on any atom is -0.364 e. The van der Waals surface area contributed by atoms with Crippen molar-refractivity contribution in [3.63, 3.8) is 0 Å². The second-order valence-corrected chi connectivity index (χ2v) is 4.91. The molecule has 0 bridgehead atoms. The second-order valence-electron chi connectivity index (χ2n) is 4.91. The fourth-order valence-electron chi connectivity index (χ4n) is 2.45. The van der Waals surface area contributed by atoms with Gasteiger partial charge in [-0.15, -0.1) is 0 Å². The van der Waals surface area contributed by atoms with E-state index in [9.17, 15) is 4.79 Å². The highest BCUT2D eigenvalue weighted by Gasteiger charge is 2.27. The van der Waals surface area contributed by atoms with E-state index >= 15 is 0 Å². The third-order valence-electron chi connectivity index (χ3n) is 3.45. The maximum absolute atomic E-state index is 12.3. The largest absolute Gasteiger partial charge is 0.364 e. The average Bonchev–Trinajstić information content (AvgIpc) is 2.41. The molecule has 2 aromatic carbocycles. The number of carbonyl (C=O) groups is 1. The van der Waals surface area contributed by atoms with Crippen molar-refractivity contribution >= 4 is 23.0 Å². The van der Waals surface area contributed by atoms with E-state index < -0.39 is 0 Å². The molecule has 1 aliphatic rings. The summed E-state index contributed by atoms with van der Waals surface area (Å²) in [7, 11) is 1.95. The van der Waals surface area contributed by atoms with Gasteiger partial charge in [0, 0.05) is 12.7 Å². The molecule has 3 rings (SSSR count). The van der Waals surface area contributed by atoms with Crippen molar-refractivity contribution in [3.8, 4) is 0 Å². The van der Waals surface area contributed by atoms with E-state index in [4.69, 9.17) is 0 Å². The van der Waals surface area contributed by atoms with Crippen LogP contribution in [0, 0.1) is 6.92 Å². The number of hydrogen-bond acceptors (Lipinski definition) is 2. The SMILES string of the molecule is Cc1ccc(N2C(=O)CN(C)c3ccccc32)cc1. The highest BCUT2D eigenvalue weighted by Crippen LogP contribution is 2.37. The van der Waals surface area contributed by atoms with E-state index in [1.54, 1.807) is 4.90 Å². The number of rotatable bonds is 1. The lowest BCUT2D eigenvalue weighted by Gasteiger charge is -2.35. The summed E-state index contributed by atoms with van der Waals surface area (Å²) in [6, 6.07) is 16.0. The fraction of sp³-hybridized carbons (Fsp3) is 0.188. The molecule has 96 valence electrons. The van der Waals surface area contributed by atoms with E-state index in [1.165, 1.54) is 5.56 Å². The molecular formula is C16H16N2O. The van der Waals surface area contributed by atoms with E-state index in [2.05, 4.69) is 0 Å². The van der Waals surface area contributed by atoms with E-state index in [0.29, 0.717) is 6.54 Å². The highest BCUT2D eigenvalue weighted by molar-refractivity contribution is 6.08. The smallest absolute Gasteiger partial charge is 0.251 e. The molecule has 0 radical (unpaired) electrons. The van der Waals surface area contributed by atoms with Crippen molar-refractivity contribution in [2.24, 2.45) is 0 Å². The molecule has 0 saturated carbocycles. The van der Waals surface area contributed by atoms with Crippen LogP contribution in [-0.4, -0.2) is 19.5 Å². The van der Waals surface area contributed by atoms with Crippen LogP contribution < -0.4 is 9.80 Å². The van der Waals surface area contributed by atoms with Crippen LogP contribution in [-0.2, 0) is 4.79 Å². The first kappa shape index (κ1) is 11.8. The summed E-state index contributed by atoms with van der Waals surface area (Å²) in [5.74, 6) is 0.102. The Labute approximate surface area is 113 Å². The number of carbonyl (C=O) groups excluding carboxylic acids is 1. The number of likely N-dealkylation sites (N-methyl/N-ethyl adjacent to an activating group) is 1. The lowest BCUT2D eigenvalue weighted by Crippen LogP contribution is -2.41. The molecule has 0 aliphatic carbocycles. The molecule has 0 N–H and O–H groups in total. The summed E-state index contributed by atoms with van der Waals surface area (Å²) < 4.78 is 0. The third-order valence-corrected chi connectivity index (χ3v) is 3.45. The van der Waals surface area contributed by atoms with Crippen molar-refractivity contribution in [1.29, 1.82) is 0 Å². The number of amides is 1. The summed E-state index contributed by atoms with van der Waals surface area (Å²) >= 11 is 0. The zero-order valence-electron chi connectivity index (χ0n) is 11.1. The van der Waals surface area contributed by atoms with Crippen LogP contribution in [0.5, 0.6) is 0 Å². The van der Waals surface area contributed by atoms with Gasteiger partial charge in [-0.3, -0.25) is 9.69 Å². The van der Waals surface area contributed by atoms with Gasteiger partial charge in [0.05, 0.1) is 17.9 Å². The Morgan fingerprint density at radius 2 is 1.58 bits per heavy atom. The maximum Gasteiger partial charge on any atom is 0.251 e. The van der Waals surface area contributed by atoms with Gasteiger partial charge in [0.2, 0.25) is 0 Å². The molecule has 0 fully saturated rings. The van der Waals surface area contributed by atoms with Crippen molar-refractivity contribution in [2.75, 3.05) is 23.4 Å². The Kier molecular flexibility index (Phi) is 2.75. The second kappa shape index (κ2) is 4.43. The zero-order chi connectivity index (χ0) is 13.4. The van der Waals surface area contributed by atoms with Crippen molar-refractivity contribution in [3.05, 3.63) is 54.1 Å². The maximum atomic E-state index is 12.3. The first-order chi connectivity index (χ1) is 9.16. The summed E-state index contributed by atoms with van der Waals surface area (Å²) in [6.07, 6.45) is 0. The van der Waals surface area contributed by atoms with Crippen LogP contribution in [0.4, 0.5) is 17.1 Å². The number of hydrogen-bond donors (Lipinski definition) is 0. The monoisotopic (exact) mass is 252 g/mol. The number of aryl methyl sites for hydroxylation is 1. The number of nitrogens with zero attached hydrogens (tertiary/aromatic N) is 2. The molecule has 19 heavy (non-hydrogen) atoms. The van der Waals surface area contributed by atoms with Crippen LogP contribution in [0.1, 0.15) is 5.56 Å². The average molecular weight is 252 g/mol. The van der Waals surface area contributed by atoms with Gasteiger partial charge in [-0.1, -0.05) is 29.8 Å². The van der Waals surface area contributed by atoms with Crippen molar-refractivity contribution in [2.45, 2.75) is 6.92 Å². The van der Waals surface area contributed by atoms with Gasteiger partial charge >= 0.3 is 0 Å². The van der Waals surface area contributed by atoms with Crippen LogP contribution in [0.15, 0.2) is 48.5 Å². The van der Waals surface area contributed by atoms with Crippen molar-refractivity contribution in [1.82, 2.24) is 0 Å². The van der Waals surface area contributed by atoms with Gasteiger partial charge in [0.1, 0.15) is 0 Å². The van der Waals surface area contributed by atoms with Gasteiger partial charge in [-0.05, 0) is 31.2 Å². The molecule has 0 atom stereocenters. The molecule has 1 heterocycles. The third kappa shape index (κ3) is 1.97. The summed E-state index contributed by atoms with van der Waals surface area (Å²) in [5.41, 5.74) is 4.16. The Bertz CT molecular complexity index is 619.